The third kappa shape index (κ3) is 4.13. The van der Waals surface area contributed by atoms with Gasteiger partial charge in [0.25, 0.3) is 0 Å². The summed E-state index contributed by atoms with van der Waals surface area (Å²) < 4.78 is 3.48. The molecule has 33 heavy (non-hydrogen) atoms. The molecule has 1 saturated heterocycles. The number of nitrogen functional groups attached to an aromatic ring is 1. The Labute approximate surface area is 193 Å². The number of piperidine rings is 1. The van der Waals surface area contributed by atoms with E-state index < -0.39 is 5.60 Å². The number of rotatable bonds is 5. The monoisotopic (exact) mass is 448 g/mol. The van der Waals surface area contributed by atoms with Gasteiger partial charge in [0.1, 0.15) is 0 Å². The molecule has 0 bridgehead atoms. The molecule has 0 unspecified atom stereocenters. The predicted octanol–water partition coefficient (Wildman–Crippen LogP) is 3.16. The number of hydrogen-bond acceptors (Lipinski definition) is 7. The zero-order chi connectivity index (χ0) is 23.3. The number of nitrogens with zero attached hydrogens (tertiary/aromatic N) is 7. The van der Waals surface area contributed by atoms with Crippen LogP contribution < -0.4 is 10.6 Å². The summed E-state index contributed by atoms with van der Waals surface area (Å²) in [5, 5.41) is 20.3. The highest BCUT2D eigenvalue weighted by Crippen LogP contribution is 2.33. The third-order valence-corrected chi connectivity index (χ3v) is 6.53. The van der Waals surface area contributed by atoms with Gasteiger partial charge in [-0.2, -0.15) is 9.61 Å². The Balaban J connectivity index is 1.46. The molecule has 0 radical (unpaired) electrons. The minimum absolute atomic E-state index is 0.183. The van der Waals surface area contributed by atoms with E-state index in [1.807, 2.05) is 12.4 Å². The van der Waals surface area contributed by atoms with Gasteiger partial charge in [-0.25, -0.2) is 9.97 Å². The van der Waals surface area contributed by atoms with Crippen LogP contribution in [0.25, 0.3) is 16.6 Å². The summed E-state index contributed by atoms with van der Waals surface area (Å²) in [5.41, 5.74) is 9.34. The van der Waals surface area contributed by atoms with Crippen molar-refractivity contribution in [1.29, 1.82) is 0 Å². The number of benzene rings is 1. The molecule has 0 saturated carbocycles. The first-order valence-corrected chi connectivity index (χ1v) is 11.7. The highest BCUT2D eigenvalue weighted by Gasteiger charge is 2.30. The molecular formula is C24H32N8O. The summed E-state index contributed by atoms with van der Waals surface area (Å²) in [4.78, 5) is 11.9. The summed E-state index contributed by atoms with van der Waals surface area (Å²) in [6.45, 7) is 9.19. The zero-order valence-corrected chi connectivity index (χ0v) is 19.7. The van der Waals surface area contributed by atoms with Crippen LogP contribution in [0.3, 0.4) is 0 Å². The molecule has 5 rings (SSSR count). The van der Waals surface area contributed by atoms with Crippen LogP contribution in [-0.2, 0) is 13.0 Å². The lowest BCUT2D eigenvalue weighted by Crippen LogP contribution is -2.41. The molecule has 1 aromatic carbocycles. The number of aryl methyl sites for hydroxylation is 1. The number of nitrogens with two attached hydrogens (primary N) is 1. The van der Waals surface area contributed by atoms with Gasteiger partial charge in [-0.15, -0.1) is 5.10 Å². The van der Waals surface area contributed by atoms with Crippen molar-refractivity contribution >= 4 is 28.2 Å². The Bertz CT molecular complexity index is 1300. The Morgan fingerprint density at radius 2 is 2.03 bits per heavy atom. The van der Waals surface area contributed by atoms with E-state index in [1.165, 1.54) is 5.56 Å². The standard InChI is InChI=1S/C24H32N8O/c1-5-16-7-9-19-20(10-16)27-23(25)32-22(19)28-21(29-32)17-8-6-15(2)31(12-17)18-11-26-30(13-18)14-24(3,4)33/h7,9-11,13,15,17,33H,5-6,8,12,14H2,1-4H3,(H2,25,27)/t15-,17+/m0/s1. The lowest BCUT2D eigenvalue weighted by atomic mass is 9.92. The number of aromatic nitrogens is 6. The normalized spacial score (nSPS) is 19.6. The molecule has 174 valence electrons. The van der Waals surface area contributed by atoms with Gasteiger partial charge >= 0.3 is 0 Å². The predicted molar refractivity (Wildman–Crippen MR) is 129 cm³/mol. The van der Waals surface area contributed by atoms with E-state index >= 15 is 0 Å². The minimum Gasteiger partial charge on any atom is -0.389 e. The summed E-state index contributed by atoms with van der Waals surface area (Å²) in [6, 6.07) is 6.65. The third-order valence-electron chi connectivity index (χ3n) is 6.53. The quantitative estimate of drug-likeness (QED) is 0.482. The average Bonchev–Trinajstić information content (AvgIpc) is 3.40. The molecule has 1 fully saturated rings. The Morgan fingerprint density at radius 1 is 1.21 bits per heavy atom. The van der Waals surface area contributed by atoms with Gasteiger partial charge in [0.05, 0.1) is 29.5 Å². The van der Waals surface area contributed by atoms with Crippen molar-refractivity contribution in [3.05, 3.63) is 42.0 Å². The summed E-state index contributed by atoms with van der Waals surface area (Å²) in [5.74, 6) is 1.35. The van der Waals surface area contributed by atoms with Crippen LogP contribution in [0.15, 0.2) is 30.6 Å². The maximum atomic E-state index is 10.1. The zero-order valence-electron chi connectivity index (χ0n) is 19.7. The molecule has 0 spiro atoms. The van der Waals surface area contributed by atoms with E-state index in [9.17, 15) is 5.11 Å². The fourth-order valence-corrected chi connectivity index (χ4v) is 4.75. The number of fused-ring (bicyclic) bond motifs is 3. The van der Waals surface area contributed by atoms with Crippen LogP contribution in [0.5, 0.6) is 0 Å². The summed E-state index contributed by atoms with van der Waals surface area (Å²) in [7, 11) is 0. The lowest BCUT2D eigenvalue weighted by Gasteiger charge is -2.37. The van der Waals surface area contributed by atoms with E-state index in [4.69, 9.17) is 15.8 Å². The van der Waals surface area contributed by atoms with Crippen molar-refractivity contribution in [2.24, 2.45) is 0 Å². The molecule has 4 aromatic rings. The van der Waals surface area contributed by atoms with Crippen LogP contribution in [0.1, 0.15) is 57.8 Å². The largest absolute Gasteiger partial charge is 0.389 e. The average molecular weight is 449 g/mol. The van der Waals surface area contributed by atoms with Crippen LogP contribution in [-0.4, -0.2) is 52.7 Å². The molecular weight excluding hydrogens is 416 g/mol. The molecule has 9 heteroatoms. The second kappa shape index (κ2) is 7.98. The van der Waals surface area contributed by atoms with Crippen molar-refractivity contribution in [1.82, 2.24) is 29.4 Å². The van der Waals surface area contributed by atoms with Gasteiger partial charge in [-0.05, 0) is 57.7 Å². The summed E-state index contributed by atoms with van der Waals surface area (Å²) >= 11 is 0. The van der Waals surface area contributed by atoms with Crippen LogP contribution >= 0.6 is 0 Å². The van der Waals surface area contributed by atoms with E-state index in [0.29, 0.717) is 18.5 Å². The number of anilines is 2. The fourth-order valence-electron chi connectivity index (χ4n) is 4.75. The lowest BCUT2D eigenvalue weighted by molar-refractivity contribution is 0.0577. The van der Waals surface area contributed by atoms with Crippen LogP contribution in [0.4, 0.5) is 11.6 Å². The molecule has 9 nitrogen and oxygen atoms in total. The van der Waals surface area contributed by atoms with E-state index in [0.717, 1.165) is 53.9 Å². The van der Waals surface area contributed by atoms with Gasteiger partial charge in [0.2, 0.25) is 5.95 Å². The van der Waals surface area contributed by atoms with Crippen molar-refractivity contribution in [3.8, 4) is 0 Å². The maximum absolute atomic E-state index is 10.1. The maximum Gasteiger partial charge on any atom is 0.223 e. The second-order valence-electron chi connectivity index (χ2n) is 9.86. The number of hydrogen-bond donors (Lipinski definition) is 2. The molecule has 3 aromatic heterocycles. The first kappa shape index (κ1) is 21.6. The second-order valence-corrected chi connectivity index (χ2v) is 9.86. The van der Waals surface area contributed by atoms with Crippen molar-refractivity contribution in [3.63, 3.8) is 0 Å². The molecule has 0 amide bonds. The molecule has 3 N–H and O–H groups in total. The molecule has 1 aliphatic rings. The molecule has 2 atom stereocenters. The SMILES string of the molecule is CCc1ccc2c(c1)nc(N)n1nc([C@@H]3CC[C@H](C)N(c4cnn(CC(C)(C)O)c4)C3)nc21. The first-order chi connectivity index (χ1) is 15.7. The first-order valence-electron chi connectivity index (χ1n) is 11.7. The fraction of sp³-hybridized carbons (Fsp3) is 0.500. The van der Waals surface area contributed by atoms with Gasteiger partial charge in [-0.3, -0.25) is 4.68 Å². The van der Waals surface area contributed by atoms with Crippen molar-refractivity contribution < 1.29 is 5.11 Å². The Kier molecular flexibility index (Phi) is 5.23. The van der Waals surface area contributed by atoms with Crippen LogP contribution in [0.2, 0.25) is 0 Å². The van der Waals surface area contributed by atoms with Gasteiger partial charge in [0.15, 0.2) is 11.5 Å². The van der Waals surface area contributed by atoms with Gasteiger partial charge in [-0.1, -0.05) is 13.0 Å². The van der Waals surface area contributed by atoms with Crippen molar-refractivity contribution in [2.45, 2.75) is 71.1 Å². The van der Waals surface area contributed by atoms with E-state index in [1.54, 1.807) is 23.0 Å². The molecule has 4 heterocycles. The molecule has 0 aliphatic carbocycles. The molecule has 1 aliphatic heterocycles. The van der Waals surface area contributed by atoms with E-state index in [-0.39, 0.29) is 5.92 Å². The van der Waals surface area contributed by atoms with Gasteiger partial charge < -0.3 is 15.7 Å². The number of aliphatic hydroxyl groups is 1. The minimum atomic E-state index is -0.811. The van der Waals surface area contributed by atoms with E-state index in [2.05, 4.69) is 47.0 Å². The Morgan fingerprint density at radius 3 is 2.79 bits per heavy atom. The van der Waals surface area contributed by atoms with Crippen LogP contribution in [0, 0.1) is 0 Å². The topological polar surface area (TPSA) is 110 Å². The highest BCUT2D eigenvalue weighted by atomic mass is 16.3. The summed E-state index contributed by atoms with van der Waals surface area (Å²) in [6.07, 6.45) is 6.88. The van der Waals surface area contributed by atoms with Crippen molar-refractivity contribution in [2.75, 3.05) is 17.2 Å². The highest BCUT2D eigenvalue weighted by molar-refractivity contribution is 5.92. The Hall–Kier alpha value is -3.20. The smallest absolute Gasteiger partial charge is 0.223 e. The van der Waals surface area contributed by atoms with Gasteiger partial charge in [0, 0.05) is 30.1 Å².